The van der Waals surface area contributed by atoms with Gasteiger partial charge in [-0.3, -0.25) is 24.0 Å². The fraction of sp³-hybridized carbons (Fsp3) is 0.582. The Balaban J connectivity index is 0.000000258. The Labute approximate surface area is 408 Å². The number of rotatable bonds is 21. The van der Waals surface area contributed by atoms with Crippen molar-refractivity contribution >= 4 is 29.5 Å². The first-order valence-electron chi connectivity index (χ1n) is 24.4. The second kappa shape index (κ2) is 27.0. The number of ketones is 2. The molecule has 0 saturated carbocycles. The fourth-order valence-corrected chi connectivity index (χ4v) is 9.70. The van der Waals surface area contributed by atoms with Gasteiger partial charge < -0.3 is 42.6 Å². The van der Waals surface area contributed by atoms with Crippen LogP contribution < -0.4 is 0 Å². The molecule has 0 spiro atoms. The van der Waals surface area contributed by atoms with Crippen LogP contribution in [0.1, 0.15) is 92.7 Å². The molecule has 2 aromatic rings. The average Bonchev–Trinajstić information content (AvgIpc) is 3.80. The first-order chi connectivity index (χ1) is 32.9. The smallest absolute Gasteiger partial charge is 0.305 e. The zero-order valence-corrected chi connectivity index (χ0v) is 41.8. The van der Waals surface area contributed by atoms with E-state index in [4.69, 9.17) is 42.6 Å². The van der Waals surface area contributed by atoms with Gasteiger partial charge in [0.1, 0.15) is 12.2 Å². The Kier molecular flexibility index (Phi) is 21.5. The largest absolute Gasteiger partial charge is 0.466 e. The molecule has 0 bridgehead atoms. The van der Waals surface area contributed by atoms with Crippen LogP contribution in [0.2, 0.25) is 0 Å². The lowest BCUT2D eigenvalue weighted by Gasteiger charge is -2.33. The Morgan fingerprint density at radius 1 is 0.623 bits per heavy atom. The Bertz CT molecular complexity index is 2040. The number of carbonyl (C=O) groups excluding carboxylic acids is 5. The molecule has 0 aromatic heterocycles. The van der Waals surface area contributed by atoms with Gasteiger partial charge in [0.25, 0.3) is 0 Å². The molecule has 14 nitrogen and oxygen atoms in total. The fourth-order valence-electron chi connectivity index (χ4n) is 9.70. The molecule has 4 aliphatic heterocycles. The van der Waals surface area contributed by atoms with Gasteiger partial charge in [-0.05, 0) is 60.5 Å². The van der Waals surface area contributed by atoms with Crippen molar-refractivity contribution in [1.29, 1.82) is 0 Å². The van der Waals surface area contributed by atoms with E-state index >= 15 is 0 Å². The summed E-state index contributed by atoms with van der Waals surface area (Å²) < 4.78 is 53.3. The highest BCUT2D eigenvalue weighted by Gasteiger charge is 2.50. The van der Waals surface area contributed by atoms with E-state index in [1.54, 1.807) is 18.2 Å². The van der Waals surface area contributed by atoms with Crippen LogP contribution in [0.3, 0.4) is 0 Å². The van der Waals surface area contributed by atoms with E-state index in [0.717, 1.165) is 11.1 Å². The Morgan fingerprint density at radius 2 is 1.06 bits per heavy atom. The minimum atomic E-state index is -0.904. The summed E-state index contributed by atoms with van der Waals surface area (Å²) in [4.78, 5) is 59.2. The summed E-state index contributed by atoms with van der Waals surface area (Å²) in [5.41, 5.74) is 2.16. The first-order valence-corrected chi connectivity index (χ1v) is 24.4. The molecule has 2 saturated heterocycles. The maximum atomic E-state index is 12.7. The van der Waals surface area contributed by atoms with Gasteiger partial charge >= 0.3 is 17.9 Å². The van der Waals surface area contributed by atoms with Crippen molar-refractivity contribution in [2.75, 3.05) is 13.2 Å². The average molecular weight is 959 g/mol. The van der Waals surface area contributed by atoms with Gasteiger partial charge in [-0.25, -0.2) is 0 Å². The van der Waals surface area contributed by atoms with Gasteiger partial charge in [-0.2, -0.15) is 0 Å². The summed E-state index contributed by atoms with van der Waals surface area (Å²) in [7, 11) is 0. The molecule has 4 aliphatic rings. The topological polar surface area (TPSA) is 168 Å². The Hall–Kier alpha value is -4.83. The summed E-state index contributed by atoms with van der Waals surface area (Å²) in [6, 6.07) is 20.0. The summed E-state index contributed by atoms with van der Waals surface area (Å²) >= 11 is 0. The van der Waals surface area contributed by atoms with E-state index in [0.29, 0.717) is 45.7 Å². The van der Waals surface area contributed by atoms with Crippen molar-refractivity contribution < 1.29 is 66.6 Å². The summed E-state index contributed by atoms with van der Waals surface area (Å²) in [6.45, 7) is 21.6. The second-order valence-corrected chi connectivity index (χ2v) is 19.2. The standard InChI is InChI=1S/C28H38O6.C27H36O8/c1-6-10-23-13-14-24(30)27(33-23)19(3)26-20(4)28(32-17-22-11-8-7-9-12-22)25(34-26)15-18(2)16-31-21(5)29;1-16(14-31-19(4)28)13-23-27(32-15-21-9-7-6-8-10-21)18(3)25(34-23)17(2)26-22(30)11-12-24(35-26)33-20(5)29/h6-9,11-14,18-20,23,25-28H,1,10,15-17H2,2-5H3;6-12,16-18,23-27H,13-15H2,1-5H3/t18-,19+,20+,23-,25-,26+,27?,28-;16-,17+,18+,23-,24?,25+,26-,27-/m11/s1. The second-order valence-electron chi connectivity index (χ2n) is 19.2. The molecule has 6 rings (SSSR count). The van der Waals surface area contributed by atoms with Crippen LogP contribution >= 0.6 is 0 Å². The number of carbonyl (C=O) groups is 5. The number of hydrogen-bond donors (Lipinski definition) is 0. The van der Waals surface area contributed by atoms with Gasteiger partial charge in [0.05, 0.1) is 69.2 Å². The van der Waals surface area contributed by atoms with Crippen LogP contribution in [0.25, 0.3) is 0 Å². The van der Waals surface area contributed by atoms with Crippen molar-refractivity contribution in [2.24, 2.45) is 35.5 Å². The zero-order chi connectivity index (χ0) is 50.2. The molecule has 0 aliphatic carbocycles. The van der Waals surface area contributed by atoms with Crippen LogP contribution in [0.15, 0.2) is 97.6 Å². The monoisotopic (exact) mass is 959 g/mol. The van der Waals surface area contributed by atoms with Gasteiger partial charge in [0.15, 0.2) is 11.6 Å². The van der Waals surface area contributed by atoms with Gasteiger partial charge in [0.2, 0.25) is 6.29 Å². The summed E-state index contributed by atoms with van der Waals surface area (Å²) in [5.74, 6) is -1.55. The number of benzene rings is 2. The normalized spacial score (nSPS) is 30.3. The molecule has 2 unspecified atom stereocenters. The SMILES string of the molecule is C=CC[C@@H]1C=CC(=O)C([C@@H](C)[C@@H]2O[C@H](C[C@@H](C)COC(C)=O)[C@H](OCc3ccccc3)[C@H]2C)O1.CC(=O)OC[C@H](C)C[C@H]1O[C@@H]([C@H](C)[C@H]2OC(OC(C)=O)C=CC2=O)[C@H](C)[C@H]1OCc1ccccc1. The highest BCUT2D eigenvalue weighted by Crippen LogP contribution is 2.41. The van der Waals surface area contributed by atoms with Crippen molar-refractivity contribution in [2.45, 2.75) is 156 Å². The van der Waals surface area contributed by atoms with Crippen LogP contribution in [0, 0.1) is 35.5 Å². The van der Waals surface area contributed by atoms with E-state index in [9.17, 15) is 24.0 Å². The van der Waals surface area contributed by atoms with Crippen LogP contribution in [0.4, 0.5) is 0 Å². The Morgan fingerprint density at radius 3 is 1.48 bits per heavy atom. The molecule has 378 valence electrons. The van der Waals surface area contributed by atoms with Gasteiger partial charge in [0, 0.05) is 44.4 Å². The highest BCUT2D eigenvalue weighted by molar-refractivity contribution is 5.95. The van der Waals surface area contributed by atoms with Crippen LogP contribution in [-0.4, -0.2) is 104 Å². The quantitative estimate of drug-likeness (QED) is 0.0666. The third kappa shape index (κ3) is 16.4. The lowest BCUT2D eigenvalue weighted by atomic mass is 9.84. The van der Waals surface area contributed by atoms with Crippen molar-refractivity contribution in [3.63, 3.8) is 0 Å². The molecule has 16 atom stereocenters. The molecule has 69 heavy (non-hydrogen) atoms. The van der Waals surface area contributed by atoms with Crippen LogP contribution in [-0.2, 0) is 79.8 Å². The van der Waals surface area contributed by atoms with E-state index < -0.39 is 24.5 Å². The summed E-state index contributed by atoms with van der Waals surface area (Å²) in [5, 5.41) is 0. The first kappa shape index (κ1) is 55.1. The van der Waals surface area contributed by atoms with Crippen molar-refractivity contribution in [1.82, 2.24) is 0 Å². The molecule has 0 radical (unpaired) electrons. The van der Waals surface area contributed by atoms with E-state index in [1.807, 2.05) is 88.4 Å². The maximum Gasteiger partial charge on any atom is 0.305 e. The maximum absolute atomic E-state index is 12.7. The molecule has 14 heteroatoms. The minimum Gasteiger partial charge on any atom is -0.466 e. The third-order valence-electron chi connectivity index (χ3n) is 13.2. The van der Waals surface area contributed by atoms with E-state index in [1.165, 1.54) is 32.9 Å². The highest BCUT2D eigenvalue weighted by atomic mass is 16.7. The number of esters is 3. The molecule has 2 fully saturated rings. The molecule has 4 heterocycles. The lowest BCUT2D eigenvalue weighted by Crippen LogP contribution is -2.44. The number of hydrogen-bond acceptors (Lipinski definition) is 14. The van der Waals surface area contributed by atoms with E-state index in [-0.39, 0.29) is 102 Å². The molecular weight excluding hydrogens is 885 g/mol. The lowest BCUT2D eigenvalue weighted by molar-refractivity contribution is -0.189. The summed E-state index contributed by atoms with van der Waals surface area (Å²) in [6.07, 6.45) is 6.34. The van der Waals surface area contributed by atoms with Crippen molar-refractivity contribution in [3.05, 3.63) is 109 Å². The van der Waals surface area contributed by atoms with Gasteiger partial charge in [-0.15, -0.1) is 6.58 Å². The number of ether oxygens (including phenoxy) is 9. The molecule has 2 aromatic carbocycles. The molecule has 0 N–H and O–H groups in total. The predicted octanol–water partition coefficient (Wildman–Crippen LogP) is 8.28. The molecule has 0 amide bonds. The van der Waals surface area contributed by atoms with Gasteiger partial charge in [-0.1, -0.05) is 114 Å². The van der Waals surface area contributed by atoms with E-state index in [2.05, 4.69) is 20.4 Å². The third-order valence-corrected chi connectivity index (χ3v) is 13.2. The predicted molar refractivity (Wildman–Crippen MR) is 257 cm³/mol. The van der Waals surface area contributed by atoms with Crippen LogP contribution in [0.5, 0.6) is 0 Å². The van der Waals surface area contributed by atoms with Crippen molar-refractivity contribution in [3.8, 4) is 0 Å². The minimum absolute atomic E-state index is 0.0305. The zero-order valence-electron chi connectivity index (χ0n) is 41.8. The molecular formula is C55H74O14.